The van der Waals surface area contributed by atoms with Crippen LogP contribution < -0.4 is 0 Å². The number of benzene rings is 2. The number of ketones is 1. The van der Waals surface area contributed by atoms with Crippen molar-refractivity contribution in [3.05, 3.63) is 82.0 Å². The maximum Gasteiger partial charge on any atom is 0.203 e. The van der Waals surface area contributed by atoms with Crippen LogP contribution in [0.25, 0.3) is 10.4 Å². The molecule has 110 valence electrons. The van der Waals surface area contributed by atoms with Crippen LogP contribution in [-0.4, -0.2) is 5.78 Å². The van der Waals surface area contributed by atoms with E-state index in [0.29, 0.717) is 4.88 Å². The molecule has 0 aliphatic rings. The predicted molar refractivity (Wildman–Crippen MR) is 89.1 cm³/mol. The van der Waals surface area contributed by atoms with Crippen LogP contribution in [0.5, 0.6) is 0 Å². The normalized spacial score (nSPS) is 10.7. The van der Waals surface area contributed by atoms with E-state index in [1.165, 1.54) is 23.5 Å². The maximum atomic E-state index is 13.0. The van der Waals surface area contributed by atoms with Crippen LogP contribution in [0, 0.1) is 19.7 Å². The van der Waals surface area contributed by atoms with Gasteiger partial charge < -0.3 is 0 Å². The maximum absolute atomic E-state index is 13.0. The molecule has 3 aromatic rings. The summed E-state index contributed by atoms with van der Waals surface area (Å²) < 4.78 is 13.0. The molecule has 0 amide bonds. The first-order valence-electron chi connectivity index (χ1n) is 7.02. The van der Waals surface area contributed by atoms with Crippen molar-refractivity contribution in [1.29, 1.82) is 0 Å². The van der Waals surface area contributed by atoms with Crippen LogP contribution in [0.3, 0.4) is 0 Å². The molecule has 0 atom stereocenters. The zero-order valence-corrected chi connectivity index (χ0v) is 13.2. The summed E-state index contributed by atoms with van der Waals surface area (Å²) in [5, 5.41) is 0. The molecular weight excluding hydrogens is 295 g/mol. The van der Waals surface area contributed by atoms with Crippen molar-refractivity contribution >= 4 is 17.1 Å². The fraction of sp³-hybridized carbons (Fsp3) is 0.105. The third-order valence-corrected chi connectivity index (χ3v) is 4.73. The number of carbonyl (C=O) groups excluding carboxylic acids is 1. The third kappa shape index (κ3) is 2.85. The molecule has 3 rings (SSSR count). The minimum Gasteiger partial charge on any atom is -0.288 e. The second-order valence-electron chi connectivity index (χ2n) is 5.32. The number of thiophene rings is 1. The molecular formula is C19H15FOS. The Kier molecular flexibility index (Phi) is 3.90. The van der Waals surface area contributed by atoms with Crippen LogP contribution in [0.4, 0.5) is 4.39 Å². The van der Waals surface area contributed by atoms with E-state index < -0.39 is 0 Å². The molecule has 0 unspecified atom stereocenters. The van der Waals surface area contributed by atoms with Gasteiger partial charge in [-0.25, -0.2) is 4.39 Å². The molecule has 1 nitrogen and oxygen atoms in total. The summed E-state index contributed by atoms with van der Waals surface area (Å²) in [6.45, 7) is 3.93. The van der Waals surface area contributed by atoms with Crippen LogP contribution in [0.15, 0.2) is 54.6 Å². The lowest BCUT2D eigenvalue weighted by Crippen LogP contribution is -2.01. The van der Waals surface area contributed by atoms with Crippen molar-refractivity contribution < 1.29 is 9.18 Å². The lowest BCUT2D eigenvalue weighted by Gasteiger charge is -2.04. The Bertz CT molecular complexity index is 831. The van der Waals surface area contributed by atoms with E-state index >= 15 is 0 Å². The molecule has 2 aromatic carbocycles. The smallest absolute Gasteiger partial charge is 0.203 e. The number of carbonyl (C=O) groups is 1. The Hall–Kier alpha value is -2.26. The first-order valence-corrected chi connectivity index (χ1v) is 7.84. The molecule has 22 heavy (non-hydrogen) atoms. The van der Waals surface area contributed by atoms with Gasteiger partial charge in [0, 0.05) is 10.4 Å². The van der Waals surface area contributed by atoms with Crippen molar-refractivity contribution in [3.63, 3.8) is 0 Å². The summed E-state index contributed by atoms with van der Waals surface area (Å²) in [5.41, 5.74) is 3.72. The van der Waals surface area contributed by atoms with Gasteiger partial charge in [0.25, 0.3) is 0 Å². The summed E-state index contributed by atoms with van der Waals surface area (Å²) in [5.74, 6) is -0.216. The molecule has 3 heteroatoms. The lowest BCUT2D eigenvalue weighted by atomic mass is 10.0. The zero-order chi connectivity index (χ0) is 15.7. The van der Waals surface area contributed by atoms with E-state index in [4.69, 9.17) is 0 Å². The van der Waals surface area contributed by atoms with Crippen LogP contribution in [0.1, 0.15) is 26.4 Å². The second kappa shape index (κ2) is 5.85. The molecule has 0 fully saturated rings. The highest BCUT2D eigenvalue weighted by Crippen LogP contribution is 2.30. The van der Waals surface area contributed by atoms with Gasteiger partial charge in [-0.05, 0) is 55.3 Å². The zero-order valence-electron chi connectivity index (χ0n) is 12.4. The average Bonchev–Trinajstić information content (AvgIpc) is 2.99. The Morgan fingerprint density at radius 1 is 0.955 bits per heavy atom. The van der Waals surface area contributed by atoms with Gasteiger partial charge in [0.05, 0.1) is 4.88 Å². The standard InChI is InChI=1S/C19H15FOS/c1-12-3-4-13(2)16(11-12)19(21)18-10-9-17(22-18)14-5-7-15(20)8-6-14/h3-11H,1-2H3. The van der Waals surface area contributed by atoms with Crippen LogP contribution in [0.2, 0.25) is 0 Å². The van der Waals surface area contributed by atoms with E-state index in [1.807, 2.05) is 44.2 Å². The minimum absolute atomic E-state index is 0.0413. The number of aryl methyl sites for hydroxylation is 2. The predicted octanol–water partition coefficient (Wildman–Crippen LogP) is 5.40. The fourth-order valence-electron chi connectivity index (χ4n) is 2.34. The molecule has 0 spiro atoms. The average molecular weight is 310 g/mol. The molecule has 0 saturated heterocycles. The summed E-state index contributed by atoms with van der Waals surface area (Å²) >= 11 is 1.44. The SMILES string of the molecule is Cc1ccc(C)c(C(=O)c2ccc(-c3ccc(F)cc3)s2)c1. The van der Waals surface area contributed by atoms with Gasteiger partial charge >= 0.3 is 0 Å². The van der Waals surface area contributed by atoms with Crippen molar-refractivity contribution in [2.75, 3.05) is 0 Å². The highest BCUT2D eigenvalue weighted by molar-refractivity contribution is 7.17. The molecule has 0 aliphatic heterocycles. The molecule has 0 aliphatic carbocycles. The Labute approximate surface area is 133 Å². The second-order valence-corrected chi connectivity index (χ2v) is 6.40. The third-order valence-electron chi connectivity index (χ3n) is 3.60. The molecule has 0 radical (unpaired) electrons. The highest BCUT2D eigenvalue weighted by atomic mass is 32.1. The van der Waals surface area contributed by atoms with E-state index in [1.54, 1.807) is 12.1 Å². The van der Waals surface area contributed by atoms with Gasteiger partial charge in [-0.2, -0.15) is 0 Å². The van der Waals surface area contributed by atoms with Crippen molar-refractivity contribution in [2.45, 2.75) is 13.8 Å². The van der Waals surface area contributed by atoms with Crippen molar-refractivity contribution in [2.24, 2.45) is 0 Å². The highest BCUT2D eigenvalue weighted by Gasteiger charge is 2.15. The Morgan fingerprint density at radius 2 is 1.68 bits per heavy atom. The summed E-state index contributed by atoms with van der Waals surface area (Å²) in [6.07, 6.45) is 0. The molecule has 0 bridgehead atoms. The number of rotatable bonds is 3. The molecule has 0 saturated carbocycles. The summed E-state index contributed by atoms with van der Waals surface area (Å²) in [6, 6.07) is 16.0. The fourth-order valence-corrected chi connectivity index (χ4v) is 3.31. The summed E-state index contributed by atoms with van der Waals surface area (Å²) in [4.78, 5) is 14.3. The van der Waals surface area contributed by atoms with Crippen LogP contribution >= 0.6 is 11.3 Å². The largest absolute Gasteiger partial charge is 0.288 e. The lowest BCUT2D eigenvalue weighted by molar-refractivity contribution is 0.104. The van der Waals surface area contributed by atoms with Gasteiger partial charge in [0.1, 0.15) is 5.82 Å². The van der Waals surface area contributed by atoms with Crippen molar-refractivity contribution in [3.8, 4) is 10.4 Å². The van der Waals surface area contributed by atoms with E-state index in [2.05, 4.69) is 0 Å². The van der Waals surface area contributed by atoms with Crippen molar-refractivity contribution in [1.82, 2.24) is 0 Å². The van der Waals surface area contributed by atoms with Gasteiger partial charge in [-0.3, -0.25) is 4.79 Å². The van der Waals surface area contributed by atoms with E-state index in [-0.39, 0.29) is 11.6 Å². The number of halogens is 1. The minimum atomic E-state index is -0.257. The Morgan fingerprint density at radius 3 is 2.41 bits per heavy atom. The monoisotopic (exact) mass is 310 g/mol. The number of hydrogen-bond acceptors (Lipinski definition) is 2. The number of hydrogen-bond donors (Lipinski definition) is 0. The van der Waals surface area contributed by atoms with Gasteiger partial charge in [0.2, 0.25) is 5.78 Å². The topological polar surface area (TPSA) is 17.1 Å². The molecule has 0 N–H and O–H groups in total. The summed E-state index contributed by atoms with van der Waals surface area (Å²) in [7, 11) is 0. The molecule has 1 aromatic heterocycles. The first kappa shape index (κ1) is 14.7. The Balaban J connectivity index is 1.95. The quantitative estimate of drug-likeness (QED) is 0.592. The van der Waals surface area contributed by atoms with E-state index in [0.717, 1.165) is 27.1 Å². The molecule has 1 heterocycles. The first-order chi connectivity index (χ1) is 10.5. The van der Waals surface area contributed by atoms with E-state index in [9.17, 15) is 9.18 Å². The van der Waals surface area contributed by atoms with Gasteiger partial charge in [-0.1, -0.05) is 29.8 Å². The van der Waals surface area contributed by atoms with Gasteiger partial charge in [0.15, 0.2) is 0 Å². The van der Waals surface area contributed by atoms with Gasteiger partial charge in [-0.15, -0.1) is 11.3 Å². The van der Waals surface area contributed by atoms with Crippen LogP contribution in [-0.2, 0) is 0 Å².